The molecule has 1 aliphatic rings. The van der Waals surface area contributed by atoms with Crippen LogP contribution in [-0.4, -0.2) is 25.2 Å². The maximum absolute atomic E-state index is 5.40. The molecule has 2 aromatic rings. The standard InChI is InChI=1S/C14H18N2OS/c1-9-3-4-11(17-2)13-14(9)18-12(16-13)7-10-5-6-15-8-10/h3-4,10,15H,5-8H2,1-2H3. The molecule has 1 saturated heterocycles. The van der Waals surface area contributed by atoms with Gasteiger partial charge >= 0.3 is 0 Å². The third-order valence-corrected chi connectivity index (χ3v) is 4.81. The summed E-state index contributed by atoms with van der Waals surface area (Å²) in [5, 5.41) is 4.65. The van der Waals surface area contributed by atoms with Gasteiger partial charge in [-0.25, -0.2) is 4.98 Å². The largest absolute Gasteiger partial charge is 0.494 e. The molecule has 96 valence electrons. The lowest BCUT2D eigenvalue weighted by Gasteiger charge is -2.03. The molecule has 1 fully saturated rings. The molecule has 0 aliphatic carbocycles. The summed E-state index contributed by atoms with van der Waals surface area (Å²) >= 11 is 1.82. The SMILES string of the molecule is COc1ccc(C)c2sc(CC3CCNC3)nc12. The molecule has 1 N–H and O–H groups in total. The summed E-state index contributed by atoms with van der Waals surface area (Å²) in [7, 11) is 1.71. The summed E-state index contributed by atoms with van der Waals surface area (Å²) in [6.45, 7) is 4.42. The van der Waals surface area contributed by atoms with Crippen LogP contribution < -0.4 is 10.1 Å². The first-order chi connectivity index (χ1) is 8.78. The maximum Gasteiger partial charge on any atom is 0.145 e. The molecular weight excluding hydrogens is 244 g/mol. The first kappa shape index (κ1) is 11.9. The number of nitrogens with one attached hydrogen (secondary N) is 1. The number of benzene rings is 1. The van der Waals surface area contributed by atoms with Crippen molar-refractivity contribution in [3.63, 3.8) is 0 Å². The van der Waals surface area contributed by atoms with Crippen LogP contribution in [0.1, 0.15) is 17.0 Å². The Morgan fingerprint density at radius 3 is 3.11 bits per heavy atom. The molecule has 1 aliphatic heterocycles. The molecule has 18 heavy (non-hydrogen) atoms. The molecule has 1 aromatic carbocycles. The highest BCUT2D eigenvalue weighted by molar-refractivity contribution is 7.18. The zero-order valence-electron chi connectivity index (χ0n) is 10.8. The molecule has 1 aromatic heterocycles. The highest BCUT2D eigenvalue weighted by atomic mass is 32.1. The van der Waals surface area contributed by atoms with Crippen LogP contribution in [0.2, 0.25) is 0 Å². The van der Waals surface area contributed by atoms with Crippen molar-refractivity contribution in [3.8, 4) is 5.75 Å². The van der Waals surface area contributed by atoms with Crippen molar-refractivity contribution < 1.29 is 4.74 Å². The first-order valence-corrected chi connectivity index (χ1v) is 7.23. The molecule has 3 rings (SSSR count). The Labute approximate surface area is 111 Å². The quantitative estimate of drug-likeness (QED) is 0.923. The number of hydrogen-bond acceptors (Lipinski definition) is 4. The third kappa shape index (κ3) is 2.10. The van der Waals surface area contributed by atoms with Crippen LogP contribution in [0.15, 0.2) is 12.1 Å². The number of ether oxygens (including phenoxy) is 1. The van der Waals surface area contributed by atoms with Gasteiger partial charge in [-0.1, -0.05) is 6.07 Å². The van der Waals surface area contributed by atoms with Crippen molar-refractivity contribution in [2.24, 2.45) is 5.92 Å². The normalized spacial score (nSPS) is 19.6. The minimum absolute atomic E-state index is 0.747. The van der Waals surface area contributed by atoms with Crippen LogP contribution in [0, 0.1) is 12.8 Å². The Morgan fingerprint density at radius 1 is 1.50 bits per heavy atom. The van der Waals surface area contributed by atoms with Gasteiger partial charge in [0.1, 0.15) is 11.3 Å². The van der Waals surface area contributed by atoms with E-state index >= 15 is 0 Å². The highest BCUT2D eigenvalue weighted by Gasteiger charge is 2.18. The Balaban J connectivity index is 1.96. The molecule has 3 nitrogen and oxygen atoms in total. The number of hydrogen-bond donors (Lipinski definition) is 1. The van der Waals surface area contributed by atoms with Crippen molar-refractivity contribution in [2.45, 2.75) is 19.8 Å². The van der Waals surface area contributed by atoms with E-state index in [0.29, 0.717) is 0 Å². The van der Waals surface area contributed by atoms with Crippen LogP contribution in [0.3, 0.4) is 0 Å². The summed E-state index contributed by atoms with van der Waals surface area (Å²) in [5.74, 6) is 1.64. The van der Waals surface area contributed by atoms with Crippen molar-refractivity contribution in [3.05, 3.63) is 22.7 Å². The fourth-order valence-corrected chi connectivity index (χ4v) is 3.71. The number of rotatable bonds is 3. The summed E-state index contributed by atoms with van der Waals surface area (Å²) in [6.07, 6.45) is 2.36. The van der Waals surface area contributed by atoms with Gasteiger partial charge < -0.3 is 10.1 Å². The van der Waals surface area contributed by atoms with Gasteiger partial charge in [0.2, 0.25) is 0 Å². The zero-order valence-corrected chi connectivity index (χ0v) is 11.6. The van der Waals surface area contributed by atoms with Crippen molar-refractivity contribution in [2.75, 3.05) is 20.2 Å². The zero-order chi connectivity index (χ0) is 12.5. The number of fused-ring (bicyclic) bond motifs is 1. The van der Waals surface area contributed by atoms with Crippen LogP contribution >= 0.6 is 11.3 Å². The van der Waals surface area contributed by atoms with Gasteiger partial charge in [0.05, 0.1) is 16.8 Å². The maximum atomic E-state index is 5.40. The second-order valence-electron chi connectivity index (χ2n) is 4.93. The topological polar surface area (TPSA) is 34.1 Å². The van der Waals surface area contributed by atoms with E-state index in [1.807, 2.05) is 17.4 Å². The first-order valence-electron chi connectivity index (χ1n) is 6.41. The summed E-state index contributed by atoms with van der Waals surface area (Å²) in [6, 6.07) is 4.12. The third-order valence-electron chi connectivity index (χ3n) is 3.59. The van der Waals surface area contributed by atoms with Crippen LogP contribution in [-0.2, 0) is 6.42 Å². The molecule has 0 amide bonds. The predicted molar refractivity (Wildman–Crippen MR) is 75.6 cm³/mol. The van der Waals surface area contributed by atoms with Crippen molar-refractivity contribution >= 4 is 21.6 Å². The Hall–Kier alpha value is -1.13. The van der Waals surface area contributed by atoms with E-state index in [9.17, 15) is 0 Å². The fourth-order valence-electron chi connectivity index (χ4n) is 2.54. The van der Waals surface area contributed by atoms with E-state index < -0.39 is 0 Å². The van der Waals surface area contributed by atoms with E-state index in [1.165, 1.54) is 21.7 Å². The average molecular weight is 262 g/mol. The van der Waals surface area contributed by atoms with Gasteiger partial charge in [0.15, 0.2) is 0 Å². The second-order valence-corrected chi connectivity index (χ2v) is 6.02. The Kier molecular flexibility index (Phi) is 3.22. The molecule has 0 spiro atoms. The molecule has 4 heteroatoms. The Bertz CT molecular complexity index is 558. The molecule has 0 saturated carbocycles. The molecule has 0 radical (unpaired) electrons. The minimum Gasteiger partial charge on any atom is -0.494 e. The number of nitrogens with zero attached hydrogens (tertiary/aromatic N) is 1. The fraction of sp³-hybridized carbons (Fsp3) is 0.500. The lowest BCUT2D eigenvalue weighted by molar-refractivity contribution is 0.419. The minimum atomic E-state index is 0.747. The second kappa shape index (κ2) is 4.86. The van der Waals surface area contributed by atoms with Gasteiger partial charge in [0.25, 0.3) is 0 Å². The van der Waals surface area contributed by atoms with E-state index in [1.54, 1.807) is 7.11 Å². The van der Waals surface area contributed by atoms with Gasteiger partial charge in [-0.05, 0) is 44.0 Å². The van der Waals surface area contributed by atoms with Gasteiger partial charge in [-0.2, -0.15) is 0 Å². The van der Waals surface area contributed by atoms with E-state index in [-0.39, 0.29) is 0 Å². The molecule has 1 unspecified atom stereocenters. The number of aromatic nitrogens is 1. The van der Waals surface area contributed by atoms with Gasteiger partial charge in [0, 0.05) is 6.42 Å². The molecule has 1 atom stereocenters. The summed E-state index contributed by atoms with van der Waals surface area (Å²) in [4.78, 5) is 4.77. The van der Waals surface area contributed by atoms with Crippen molar-refractivity contribution in [1.29, 1.82) is 0 Å². The Morgan fingerprint density at radius 2 is 2.39 bits per heavy atom. The van der Waals surface area contributed by atoms with Crippen LogP contribution in [0.4, 0.5) is 0 Å². The van der Waals surface area contributed by atoms with E-state index in [0.717, 1.165) is 36.7 Å². The number of thiazole rings is 1. The van der Waals surface area contributed by atoms with Crippen LogP contribution in [0.25, 0.3) is 10.2 Å². The van der Waals surface area contributed by atoms with E-state index in [2.05, 4.69) is 18.3 Å². The smallest absolute Gasteiger partial charge is 0.145 e. The van der Waals surface area contributed by atoms with Gasteiger partial charge in [-0.3, -0.25) is 0 Å². The molecule has 0 bridgehead atoms. The lowest BCUT2D eigenvalue weighted by Crippen LogP contribution is -2.10. The van der Waals surface area contributed by atoms with Crippen LogP contribution in [0.5, 0.6) is 5.75 Å². The summed E-state index contributed by atoms with van der Waals surface area (Å²) < 4.78 is 6.67. The van der Waals surface area contributed by atoms with Gasteiger partial charge in [-0.15, -0.1) is 11.3 Å². The molecule has 2 heterocycles. The number of aryl methyl sites for hydroxylation is 1. The predicted octanol–water partition coefficient (Wildman–Crippen LogP) is 2.77. The van der Waals surface area contributed by atoms with Crippen molar-refractivity contribution in [1.82, 2.24) is 10.3 Å². The molecular formula is C14H18N2OS. The average Bonchev–Trinajstić information content (AvgIpc) is 3.00. The van der Waals surface area contributed by atoms with E-state index in [4.69, 9.17) is 9.72 Å². The summed E-state index contributed by atoms with van der Waals surface area (Å²) in [5.41, 5.74) is 2.32. The monoisotopic (exact) mass is 262 g/mol. The lowest BCUT2D eigenvalue weighted by atomic mass is 10.1. The highest BCUT2D eigenvalue weighted by Crippen LogP contribution is 2.33. The number of methoxy groups -OCH3 is 1.